The van der Waals surface area contributed by atoms with Crippen molar-refractivity contribution in [3.05, 3.63) is 83.0 Å². The molecule has 1 aromatic heterocycles. The first kappa shape index (κ1) is 16.8. The van der Waals surface area contributed by atoms with Crippen LogP contribution in [0.1, 0.15) is 20.8 Å². The van der Waals surface area contributed by atoms with Crippen LogP contribution in [-0.2, 0) is 0 Å². The van der Waals surface area contributed by atoms with Crippen molar-refractivity contribution in [2.45, 2.75) is 26.4 Å². The van der Waals surface area contributed by atoms with E-state index < -0.39 is 0 Å². The molecule has 0 amide bonds. The zero-order chi connectivity index (χ0) is 18.3. The van der Waals surface area contributed by atoms with E-state index in [1.54, 1.807) is 0 Å². The number of rotatable bonds is 2. The van der Waals surface area contributed by atoms with Gasteiger partial charge in [0.1, 0.15) is 11.4 Å². The predicted octanol–water partition coefficient (Wildman–Crippen LogP) is 6.27. The average Bonchev–Trinajstić information content (AvgIpc) is 2.62. The summed E-state index contributed by atoms with van der Waals surface area (Å²) >= 11 is 0. The highest BCUT2D eigenvalue weighted by Gasteiger charge is 2.22. The second-order valence-electron chi connectivity index (χ2n) is 7.31. The summed E-state index contributed by atoms with van der Waals surface area (Å²) in [6.45, 7) is 6.13. The van der Waals surface area contributed by atoms with Gasteiger partial charge in [0.25, 0.3) is 0 Å². The quantitative estimate of drug-likeness (QED) is 0.311. The average molecular weight is 361 g/mol. The number of ether oxygens (including phenoxy) is 1. The Kier molecular flexibility index (Phi) is 4.04. The molecule has 3 heteroatoms. The molecule has 0 unspecified atom stereocenters. The standard InChI is InChI=1S/C23H21O2S/c1-23(2,3)25-16-12-14-17(15-13-16)26-20-10-6-4-8-18(20)22(24)19-9-5-7-11-21(19)26/h4-15H,1-3H3/q+1. The lowest BCUT2D eigenvalue weighted by molar-refractivity contribution is 0.131. The first-order valence-corrected chi connectivity index (χ1v) is 9.93. The Balaban J connectivity index is 1.98. The molecule has 0 spiro atoms. The lowest BCUT2D eigenvalue weighted by Gasteiger charge is -2.21. The smallest absolute Gasteiger partial charge is 0.203 e. The molecule has 2 nitrogen and oxygen atoms in total. The summed E-state index contributed by atoms with van der Waals surface area (Å²) in [5, 5.41) is 1.62. The molecule has 0 aliphatic carbocycles. The van der Waals surface area contributed by atoms with E-state index in [1.165, 1.54) is 4.90 Å². The molecule has 0 aliphatic rings. The molecule has 0 saturated heterocycles. The van der Waals surface area contributed by atoms with Crippen molar-refractivity contribution in [2.24, 2.45) is 0 Å². The molecule has 0 aliphatic heterocycles. The molecule has 4 rings (SSSR count). The third kappa shape index (κ3) is 2.99. The van der Waals surface area contributed by atoms with Gasteiger partial charge < -0.3 is 4.74 Å². The van der Waals surface area contributed by atoms with Crippen molar-refractivity contribution in [2.75, 3.05) is 0 Å². The Morgan fingerprint density at radius 3 is 1.73 bits per heavy atom. The van der Waals surface area contributed by atoms with Gasteiger partial charge in [-0.1, -0.05) is 24.3 Å². The molecule has 26 heavy (non-hydrogen) atoms. The van der Waals surface area contributed by atoms with Gasteiger partial charge in [0.2, 0.25) is 5.43 Å². The summed E-state index contributed by atoms with van der Waals surface area (Å²) in [6, 6.07) is 24.2. The van der Waals surface area contributed by atoms with E-state index in [9.17, 15) is 4.79 Å². The molecule has 0 radical (unpaired) electrons. The Morgan fingerprint density at radius 1 is 0.731 bits per heavy atom. The molecule has 0 atom stereocenters. The van der Waals surface area contributed by atoms with E-state index >= 15 is 0 Å². The van der Waals surface area contributed by atoms with Crippen LogP contribution in [0.15, 0.2) is 77.6 Å². The third-order valence-electron chi connectivity index (χ3n) is 4.19. The maximum Gasteiger partial charge on any atom is 0.203 e. The zero-order valence-electron chi connectivity index (χ0n) is 15.2. The van der Waals surface area contributed by atoms with Crippen LogP contribution in [0.3, 0.4) is 0 Å². The van der Waals surface area contributed by atoms with Crippen molar-refractivity contribution in [3.8, 4) is 10.6 Å². The molecule has 0 saturated carbocycles. The molecule has 0 bridgehead atoms. The summed E-state index contributed by atoms with van der Waals surface area (Å²) in [5.41, 5.74) is -0.104. The van der Waals surface area contributed by atoms with E-state index in [4.69, 9.17) is 4.74 Å². The van der Waals surface area contributed by atoms with Gasteiger partial charge in [0.15, 0.2) is 14.3 Å². The number of fused-ring (bicyclic) bond motifs is 2. The van der Waals surface area contributed by atoms with Gasteiger partial charge in [0.05, 0.1) is 10.8 Å². The minimum Gasteiger partial charge on any atom is -0.488 e. The van der Waals surface area contributed by atoms with Crippen LogP contribution in [0.5, 0.6) is 5.75 Å². The van der Waals surface area contributed by atoms with E-state index in [-0.39, 0.29) is 21.5 Å². The van der Waals surface area contributed by atoms with Crippen LogP contribution < -0.4 is 10.2 Å². The topological polar surface area (TPSA) is 26.3 Å². The normalized spacial score (nSPS) is 11.8. The summed E-state index contributed by atoms with van der Waals surface area (Å²) in [6.07, 6.45) is 0. The molecule has 3 aromatic carbocycles. The zero-order valence-corrected chi connectivity index (χ0v) is 16.0. The van der Waals surface area contributed by atoms with Crippen molar-refractivity contribution in [1.82, 2.24) is 0 Å². The minimum atomic E-state index is -0.286. The number of benzene rings is 3. The summed E-state index contributed by atoms with van der Waals surface area (Å²) in [7, 11) is -0.286. The predicted molar refractivity (Wildman–Crippen MR) is 112 cm³/mol. The van der Waals surface area contributed by atoms with Crippen molar-refractivity contribution in [1.29, 1.82) is 0 Å². The second-order valence-corrected chi connectivity index (χ2v) is 9.28. The minimum absolute atomic E-state index is 0.118. The van der Waals surface area contributed by atoms with Gasteiger partial charge in [-0.25, -0.2) is 0 Å². The van der Waals surface area contributed by atoms with Crippen LogP contribution in [0.2, 0.25) is 0 Å². The largest absolute Gasteiger partial charge is 0.488 e. The van der Waals surface area contributed by atoms with Crippen LogP contribution in [-0.4, -0.2) is 5.60 Å². The highest BCUT2D eigenvalue weighted by molar-refractivity contribution is 7.49. The number of hydrogen-bond acceptors (Lipinski definition) is 2. The molecule has 4 aromatic rings. The Bertz CT molecular complexity index is 1090. The Morgan fingerprint density at radius 2 is 1.23 bits per heavy atom. The summed E-state index contributed by atoms with van der Waals surface area (Å²) in [5.74, 6) is 0.861. The van der Waals surface area contributed by atoms with Crippen LogP contribution in [0, 0.1) is 0 Å². The Hall–Kier alpha value is -2.65. The first-order chi connectivity index (χ1) is 12.4. The van der Waals surface area contributed by atoms with E-state index in [1.807, 2.05) is 69.3 Å². The fraction of sp³-hybridized carbons (Fsp3) is 0.174. The van der Waals surface area contributed by atoms with Crippen LogP contribution >= 0.6 is 10.5 Å². The summed E-state index contributed by atoms with van der Waals surface area (Å²) in [4.78, 5) is 14.1. The SMILES string of the molecule is CC(C)(C)Oc1ccc(-[s+]2c3ccccc3c(=O)c3ccccc32)cc1. The van der Waals surface area contributed by atoms with Gasteiger partial charge in [-0.3, -0.25) is 4.79 Å². The van der Waals surface area contributed by atoms with Crippen molar-refractivity contribution >= 4 is 30.6 Å². The van der Waals surface area contributed by atoms with Gasteiger partial charge in [0, 0.05) is 22.6 Å². The molecular formula is C23H21O2S+. The third-order valence-corrected chi connectivity index (χ3v) is 6.52. The van der Waals surface area contributed by atoms with Crippen molar-refractivity contribution < 1.29 is 4.74 Å². The maximum absolute atomic E-state index is 12.9. The second kappa shape index (κ2) is 6.26. The van der Waals surface area contributed by atoms with Crippen LogP contribution in [0.4, 0.5) is 0 Å². The van der Waals surface area contributed by atoms with Gasteiger partial charge in [-0.05, 0) is 57.2 Å². The van der Waals surface area contributed by atoms with Crippen LogP contribution in [0.25, 0.3) is 25.1 Å². The first-order valence-electron chi connectivity index (χ1n) is 8.70. The molecule has 130 valence electrons. The van der Waals surface area contributed by atoms with Gasteiger partial charge >= 0.3 is 0 Å². The fourth-order valence-electron chi connectivity index (χ4n) is 3.18. The summed E-state index contributed by atoms with van der Waals surface area (Å²) < 4.78 is 8.14. The highest BCUT2D eigenvalue weighted by atomic mass is 32.2. The Labute approximate surface area is 155 Å². The molecule has 1 heterocycles. The van der Waals surface area contributed by atoms with Gasteiger partial charge in [-0.15, -0.1) is 0 Å². The number of hydrogen-bond donors (Lipinski definition) is 0. The van der Waals surface area contributed by atoms with E-state index in [0.717, 1.165) is 25.9 Å². The van der Waals surface area contributed by atoms with Crippen molar-refractivity contribution in [3.63, 3.8) is 0 Å². The van der Waals surface area contributed by atoms with E-state index in [2.05, 4.69) is 24.3 Å². The van der Waals surface area contributed by atoms with E-state index in [0.29, 0.717) is 0 Å². The molecule has 0 N–H and O–H groups in total. The lowest BCUT2D eigenvalue weighted by Crippen LogP contribution is -2.22. The monoisotopic (exact) mass is 361 g/mol. The maximum atomic E-state index is 12.9. The lowest BCUT2D eigenvalue weighted by atomic mass is 10.2. The fourth-order valence-corrected chi connectivity index (χ4v) is 5.52. The highest BCUT2D eigenvalue weighted by Crippen LogP contribution is 2.43. The molecule has 0 fully saturated rings. The molecular weight excluding hydrogens is 340 g/mol. The van der Waals surface area contributed by atoms with Gasteiger partial charge in [-0.2, -0.15) is 0 Å².